The molecule has 1 aliphatic rings. The minimum atomic E-state index is -0.0530. The van der Waals surface area contributed by atoms with E-state index in [2.05, 4.69) is 10.1 Å². The van der Waals surface area contributed by atoms with Gasteiger partial charge in [0.2, 0.25) is 5.89 Å². The van der Waals surface area contributed by atoms with Crippen LogP contribution in [0, 0.1) is 0 Å². The number of hydrogen-bond acceptors (Lipinski definition) is 5. The van der Waals surface area contributed by atoms with Crippen molar-refractivity contribution in [3.8, 4) is 0 Å². The first-order valence-electron chi connectivity index (χ1n) is 6.53. The van der Waals surface area contributed by atoms with Crippen LogP contribution in [0.2, 0.25) is 5.02 Å². The van der Waals surface area contributed by atoms with E-state index in [1.807, 2.05) is 43.3 Å². The number of ether oxygens (including phenoxy) is 1. The summed E-state index contributed by atoms with van der Waals surface area (Å²) in [6.45, 7) is 0.692. The average molecular weight is 294 g/mol. The van der Waals surface area contributed by atoms with Gasteiger partial charge in [-0.15, -0.1) is 0 Å². The van der Waals surface area contributed by atoms with Crippen molar-refractivity contribution in [2.75, 3.05) is 25.6 Å². The predicted octanol–water partition coefficient (Wildman–Crippen LogP) is 3.03. The fourth-order valence-corrected chi connectivity index (χ4v) is 2.51. The predicted molar refractivity (Wildman–Crippen MR) is 76.1 cm³/mol. The molecule has 6 heteroatoms. The molecule has 20 heavy (non-hydrogen) atoms. The standard InChI is InChI=1S/C14H16ClN3O2/c1-18(2)14-16-13(20-17-14)11-7-8-19-12(11)9-3-5-10(15)6-4-9/h3-6,11-12H,7-8H2,1-2H3/t11-,12+/m1/s1. The van der Waals surface area contributed by atoms with E-state index in [1.165, 1.54) is 0 Å². The van der Waals surface area contributed by atoms with Crippen LogP contribution in [0.3, 0.4) is 0 Å². The summed E-state index contributed by atoms with van der Waals surface area (Å²) in [5.74, 6) is 1.31. The summed E-state index contributed by atoms with van der Waals surface area (Å²) in [4.78, 5) is 6.25. The maximum absolute atomic E-state index is 5.92. The van der Waals surface area contributed by atoms with Crippen molar-refractivity contribution >= 4 is 17.5 Å². The molecule has 0 unspecified atom stereocenters. The molecule has 0 saturated carbocycles. The molecule has 1 aromatic heterocycles. The maximum atomic E-state index is 5.92. The van der Waals surface area contributed by atoms with Crippen LogP contribution in [0.25, 0.3) is 0 Å². The number of nitrogens with zero attached hydrogens (tertiary/aromatic N) is 3. The number of rotatable bonds is 3. The molecule has 0 amide bonds. The molecule has 2 aromatic rings. The van der Waals surface area contributed by atoms with E-state index >= 15 is 0 Å². The molecule has 1 fully saturated rings. The van der Waals surface area contributed by atoms with Crippen molar-refractivity contribution in [3.63, 3.8) is 0 Å². The summed E-state index contributed by atoms with van der Waals surface area (Å²) in [6, 6.07) is 7.70. The normalized spacial score (nSPS) is 22.1. The van der Waals surface area contributed by atoms with Gasteiger partial charge in [0.15, 0.2) is 0 Å². The molecule has 0 bridgehead atoms. The van der Waals surface area contributed by atoms with Crippen molar-refractivity contribution in [1.82, 2.24) is 10.1 Å². The quantitative estimate of drug-likeness (QED) is 0.870. The molecule has 0 radical (unpaired) electrons. The smallest absolute Gasteiger partial charge is 0.265 e. The maximum Gasteiger partial charge on any atom is 0.265 e. The average Bonchev–Trinajstić information content (AvgIpc) is 3.08. The summed E-state index contributed by atoms with van der Waals surface area (Å²) in [7, 11) is 3.77. The monoisotopic (exact) mass is 293 g/mol. The first-order valence-corrected chi connectivity index (χ1v) is 6.91. The zero-order valence-corrected chi connectivity index (χ0v) is 12.2. The third kappa shape index (κ3) is 2.51. The second-order valence-electron chi connectivity index (χ2n) is 5.07. The van der Waals surface area contributed by atoms with Crippen molar-refractivity contribution < 1.29 is 9.26 Å². The highest BCUT2D eigenvalue weighted by atomic mass is 35.5. The minimum absolute atomic E-state index is 0.0530. The Morgan fingerprint density at radius 2 is 2.00 bits per heavy atom. The molecule has 2 heterocycles. The lowest BCUT2D eigenvalue weighted by Gasteiger charge is -2.15. The van der Waals surface area contributed by atoms with Crippen LogP contribution >= 0.6 is 11.6 Å². The molecule has 1 saturated heterocycles. The summed E-state index contributed by atoms with van der Waals surface area (Å²) in [6.07, 6.45) is 0.824. The lowest BCUT2D eigenvalue weighted by atomic mass is 9.95. The fourth-order valence-electron chi connectivity index (χ4n) is 2.38. The Balaban J connectivity index is 1.86. The third-order valence-electron chi connectivity index (χ3n) is 3.44. The number of aromatic nitrogens is 2. The van der Waals surface area contributed by atoms with Gasteiger partial charge in [-0.25, -0.2) is 0 Å². The first-order chi connectivity index (χ1) is 9.65. The Labute approximate surface area is 122 Å². The number of halogens is 1. The van der Waals surface area contributed by atoms with Crippen LogP contribution < -0.4 is 4.90 Å². The Morgan fingerprint density at radius 3 is 2.65 bits per heavy atom. The van der Waals surface area contributed by atoms with Crippen molar-refractivity contribution in [2.45, 2.75) is 18.4 Å². The van der Waals surface area contributed by atoms with Gasteiger partial charge in [0.25, 0.3) is 5.95 Å². The highest BCUT2D eigenvalue weighted by Crippen LogP contribution is 2.41. The van der Waals surface area contributed by atoms with Crippen LogP contribution in [0.1, 0.15) is 29.9 Å². The van der Waals surface area contributed by atoms with Gasteiger partial charge in [-0.1, -0.05) is 23.7 Å². The molecule has 0 aliphatic carbocycles. The summed E-state index contributed by atoms with van der Waals surface area (Å²) in [5, 5.41) is 4.68. The third-order valence-corrected chi connectivity index (χ3v) is 3.69. The Hall–Kier alpha value is -1.59. The second kappa shape index (κ2) is 5.42. The number of benzene rings is 1. The SMILES string of the molecule is CN(C)c1noc([C@@H]2CCO[C@H]2c2ccc(Cl)cc2)n1. The molecule has 5 nitrogen and oxygen atoms in total. The van der Waals surface area contributed by atoms with Crippen LogP contribution in [-0.2, 0) is 4.74 Å². The molecular weight excluding hydrogens is 278 g/mol. The van der Waals surface area contributed by atoms with Gasteiger partial charge in [0.05, 0.1) is 12.0 Å². The van der Waals surface area contributed by atoms with Crippen LogP contribution in [0.15, 0.2) is 28.8 Å². The largest absolute Gasteiger partial charge is 0.373 e. The van der Waals surface area contributed by atoms with E-state index in [9.17, 15) is 0 Å². The second-order valence-corrected chi connectivity index (χ2v) is 5.50. The zero-order chi connectivity index (χ0) is 14.1. The van der Waals surface area contributed by atoms with Crippen molar-refractivity contribution in [3.05, 3.63) is 40.7 Å². The zero-order valence-electron chi connectivity index (χ0n) is 11.4. The van der Waals surface area contributed by atoms with E-state index in [1.54, 1.807) is 0 Å². The van der Waals surface area contributed by atoms with Crippen LogP contribution in [-0.4, -0.2) is 30.8 Å². The summed E-state index contributed by atoms with van der Waals surface area (Å²) in [5.41, 5.74) is 1.08. The van der Waals surface area contributed by atoms with Crippen molar-refractivity contribution in [2.24, 2.45) is 0 Å². The van der Waals surface area contributed by atoms with Gasteiger partial charge >= 0.3 is 0 Å². The van der Waals surface area contributed by atoms with Gasteiger partial charge < -0.3 is 14.2 Å². The van der Waals surface area contributed by atoms with E-state index in [4.69, 9.17) is 20.9 Å². The van der Waals surface area contributed by atoms with Gasteiger partial charge in [0.1, 0.15) is 0 Å². The molecule has 1 aromatic carbocycles. The van der Waals surface area contributed by atoms with Crippen LogP contribution in [0.4, 0.5) is 5.95 Å². The van der Waals surface area contributed by atoms with Gasteiger partial charge in [-0.3, -0.25) is 0 Å². The van der Waals surface area contributed by atoms with E-state index in [0.717, 1.165) is 17.0 Å². The van der Waals surface area contributed by atoms with Gasteiger partial charge in [-0.2, -0.15) is 4.98 Å². The van der Waals surface area contributed by atoms with Crippen LogP contribution in [0.5, 0.6) is 0 Å². The summed E-state index contributed by atoms with van der Waals surface area (Å²) < 4.78 is 11.2. The molecule has 2 atom stereocenters. The lowest BCUT2D eigenvalue weighted by Crippen LogP contribution is -2.11. The minimum Gasteiger partial charge on any atom is -0.373 e. The number of anilines is 1. The molecular formula is C14H16ClN3O2. The molecule has 0 N–H and O–H groups in total. The topological polar surface area (TPSA) is 51.4 Å². The van der Waals surface area contributed by atoms with Gasteiger partial charge in [-0.05, 0) is 29.3 Å². The van der Waals surface area contributed by atoms with E-state index < -0.39 is 0 Å². The molecule has 106 valence electrons. The Morgan fingerprint density at radius 1 is 1.25 bits per heavy atom. The lowest BCUT2D eigenvalue weighted by molar-refractivity contribution is 0.0986. The molecule has 0 spiro atoms. The number of hydrogen-bond donors (Lipinski definition) is 0. The highest BCUT2D eigenvalue weighted by Gasteiger charge is 2.35. The molecule has 1 aliphatic heterocycles. The highest BCUT2D eigenvalue weighted by molar-refractivity contribution is 6.30. The summed E-state index contributed by atoms with van der Waals surface area (Å²) >= 11 is 5.92. The fraction of sp³-hybridized carbons (Fsp3) is 0.429. The Bertz CT molecular complexity index is 582. The Kier molecular flexibility index (Phi) is 3.63. The van der Waals surface area contributed by atoms with E-state index in [0.29, 0.717) is 18.4 Å². The van der Waals surface area contributed by atoms with Gasteiger partial charge in [0, 0.05) is 25.7 Å². The first kappa shape index (κ1) is 13.4. The van der Waals surface area contributed by atoms with Crippen molar-refractivity contribution in [1.29, 1.82) is 0 Å². The van der Waals surface area contributed by atoms with E-state index in [-0.39, 0.29) is 12.0 Å². The molecule has 3 rings (SSSR count).